The predicted molar refractivity (Wildman–Crippen MR) is 136 cm³/mol. The molecule has 4 heterocycles. The first-order valence-electron chi connectivity index (χ1n) is 12.4. The van der Waals surface area contributed by atoms with Gasteiger partial charge in [-0.3, -0.25) is 9.78 Å². The van der Waals surface area contributed by atoms with Crippen LogP contribution < -0.4 is 14.2 Å². The van der Waals surface area contributed by atoms with E-state index in [1.807, 2.05) is 11.8 Å². The van der Waals surface area contributed by atoms with Gasteiger partial charge in [0.1, 0.15) is 5.75 Å². The van der Waals surface area contributed by atoms with Gasteiger partial charge in [-0.05, 0) is 43.7 Å². The highest BCUT2D eigenvalue weighted by Gasteiger charge is 2.50. The van der Waals surface area contributed by atoms with Crippen LogP contribution in [-0.2, 0) is 9.53 Å². The van der Waals surface area contributed by atoms with Crippen molar-refractivity contribution >= 4 is 27.7 Å². The number of rotatable bonds is 8. The first kappa shape index (κ1) is 23.5. The molecule has 192 valence electrons. The number of hydrogen-bond donors (Lipinski definition) is 1. The number of benzene rings is 2. The van der Waals surface area contributed by atoms with E-state index in [0.29, 0.717) is 58.5 Å². The lowest BCUT2D eigenvalue weighted by Gasteiger charge is -2.55. The van der Waals surface area contributed by atoms with Crippen LogP contribution in [0.5, 0.6) is 23.0 Å². The van der Waals surface area contributed by atoms with Crippen LogP contribution in [0.3, 0.4) is 0 Å². The summed E-state index contributed by atoms with van der Waals surface area (Å²) >= 11 is 0. The molecule has 1 N–H and O–H groups in total. The Hall–Kier alpha value is -3.85. The van der Waals surface area contributed by atoms with Gasteiger partial charge in [0.25, 0.3) is 0 Å². The van der Waals surface area contributed by atoms with Gasteiger partial charge in [0.15, 0.2) is 23.1 Å². The number of amides is 1. The number of methoxy groups -OCH3 is 1. The zero-order valence-electron chi connectivity index (χ0n) is 20.8. The molecule has 0 atom stereocenters. The van der Waals surface area contributed by atoms with Crippen molar-refractivity contribution in [2.75, 3.05) is 40.0 Å². The van der Waals surface area contributed by atoms with E-state index in [2.05, 4.69) is 9.97 Å². The van der Waals surface area contributed by atoms with Crippen LogP contribution in [0.4, 0.5) is 4.39 Å². The Morgan fingerprint density at radius 3 is 2.70 bits per heavy atom. The number of halogens is 1. The van der Waals surface area contributed by atoms with Crippen LogP contribution in [0.2, 0.25) is 0 Å². The minimum Gasteiger partial charge on any atom is -0.493 e. The topological polar surface area (TPSA) is 85.9 Å². The zero-order chi connectivity index (χ0) is 25.6. The van der Waals surface area contributed by atoms with Crippen molar-refractivity contribution < 1.29 is 28.1 Å². The van der Waals surface area contributed by atoms with E-state index in [9.17, 15) is 4.79 Å². The van der Waals surface area contributed by atoms with Gasteiger partial charge in [-0.2, -0.15) is 0 Å². The molecular formula is C28H28FN3O5. The molecule has 0 radical (unpaired) electrons. The van der Waals surface area contributed by atoms with Gasteiger partial charge in [0.2, 0.25) is 5.91 Å². The Morgan fingerprint density at radius 1 is 1.11 bits per heavy atom. The third-order valence-corrected chi connectivity index (χ3v) is 7.06. The predicted octanol–water partition coefficient (Wildman–Crippen LogP) is 4.98. The van der Waals surface area contributed by atoms with E-state index < -0.39 is 5.82 Å². The maximum absolute atomic E-state index is 15.1. The first-order valence-corrected chi connectivity index (χ1v) is 12.4. The number of carbonyl (C=O) groups is 1. The third-order valence-electron chi connectivity index (χ3n) is 7.06. The number of pyridine rings is 1. The second-order valence-electron chi connectivity index (χ2n) is 9.92. The molecule has 0 bridgehead atoms. The van der Waals surface area contributed by atoms with Crippen molar-refractivity contribution in [2.24, 2.45) is 5.41 Å². The third kappa shape index (κ3) is 4.33. The molecule has 0 unspecified atom stereocenters. The van der Waals surface area contributed by atoms with Crippen molar-refractivity contribution in [2.45, 2.75) is 19.8 Å². The lowest BCUT2D eigenvalue weighted by atomic mass is 9.78. The highest BCUT2D eigenvalue weighted by Crippen LogP contribution is 2.39. The summed E-state index contributed by atoms with van der Waals surface area (Å²) in [6.45, 7) is 5.37. The maximum atomic E-state index is 15.1. The number of aromatic nitrogens is 2. The minimum absolute atomic E-state index is 0.126. The molecule has 2 fully saturated rings. The molecule has 4 aromatic rings. The molecular weight excluding hydrogens is 477 g/mol. The molecule has 2 aliphatic rings. The molecule has 2 aromatic heterocycles. The first-order chi connectivity index (χ1) is 17.9. The van der Waals surface area contributed by atoms with Crippen LogP contribution in [-0.4, -0.2) is 60.8 Å². The second-order valence-corrected chi connectivity index (χ2v) is 9.92. The highest BCUT2D eigenvalue weighted by molar-refractivity contribution is 5.89. The van der Waals surface area contributed by atoms with Gasteiger partial charge in [0.05, 0.1) is 37.9 Å². The Labute approximate surface area is 213 Å². The fourth-order valence-corrected chi connectivity index (χ4v) is 5.05. The summed E-state index contributed by atoms with van der Waals surface area (Å²) in [6, 6.07) is 10.4. The Morgan fingerprint density at radius 2 is 1.95 bits per heavy atom. The van der Waals surface area contributed by atoms with Crippen molar-refractivity contribution in [3.63, 3.8) is 0 Å². The highest BCUT2D eigenvalue weighted by atomic mass is 19.1. The van der Waals surface area contributed by atoms with Crippen molar-refractivity contribution in [3.05, 3.63) is 54.1 Å². The fraction of sp³-hybridized carbons (Fsp3) is 0.357. The van der Waals surface area contributed by atoms with Gasteiger partial charge in [-0.25, -0.2) is 4.39 Å². The van der Waals surface area contributed by atoms with Gasteiger partial charge < -0.3 is 28.8 Å². The number of aryl methyl sites for hydroxylation is 1. The summed E-state index contributed by atoms with van der Waals surface area (Å²) in [4.78, 5) is 21.9. The molecule has 9 heteroatoms. The minimum atomic E-state index is -0.428. The molecule has 2 saturated heterocycles. The van der Waals surface area contributed by atoms with Crippen LogP contribution in [0.15, 0.2) is 42.6 Å². The molecule has 1 amide bonds. The fourth-order valence-electron chi connectivity index (χ4n) is 5.05. The molecule has 0 saturated carbocycles. The lowest BCUT2D eigenvalue weighted by Crippen LogP contribution is -2.67. The summed E-state index contributed by atoms with van der Waals surface area (Å²) in [5.74, 6) is 1.33. The van der Waals surface area contributed by atoms with Gasteiger partial charge in [-0.15, -0.1) is 0 Å². The van der Waals surface area contributed by atoms with Crippen molar-refractivity contribution in [1.82, 2.24) is 14.9 Å². The van der Waals surface area contributed by atoms with Crippen LogP contribution in [0.1, 0.15) is 18.5 Å². The molecule has 2 aliphatic heterocycles. The monoisotopic (exact) mass is 505 g/mol. The Bertz CT molecular complexity index is 1490. The maximum Gasteiger partial charge on any atom is 0.222 e. The zero-order valence-corrected chi connectivity index (χ0v) is 20.8. The van der Waals surface area contributed by atoms with E-state index in [0.717, 1.165) is 32.0 Å². The Balaban J connectivity index is 1.14. The van der Waals surface area contributed by atoms with Crippen molar-refractivity contribution in [3.8, 4) is 23.0 Å². The number of ether oxygens (including phenoxy) is 4. The number of hydrogen-bond acceptors (Lipinski definition) is 6. The average molecular weight is 506 g/mol. The van der Waals surface area contributed by atoms with Crippen molar-refractivity contribution in [1.29, 1.82) is 0 Å². The Kier molecular flexibility index (Phi) is 5.87. The summed E-state index contributed by atoms with van der Waals surface area (Å²) in [6.07, 6.45) is 2.63. The van der Waals surface area contributed by atoms with E-state index in [-0.39, 0.29) is 17.1 Å². The number of carbonyl (C=O) groups excluding carboxylic acids is 1. The average Bonchev–Trinajstić information content (AvgIpc) is 3.22. The van der Waals surface area contributed by atoms with Crippen LogP contribution in [0.25, 0.3) is 21.8 Å². The molecule has 1 spiro atoms. The van der Waals surface area contributed by atoms with E-state index >= 15 is 4.39 Å². The molecule has 37 heavy (non-hydrogen) atoms. The molecule has 8 nitrogen and oxygen atoms in total. The van der Waals surface area contributed by atoms with E-state index in [1.165, 1.54) is 0 Å². The van der Waals surface area contributed by atoms with Crippen LogP contribution in [0, 0.1) is 18.2 Å². The quantitative estimate of drug-likeness (QED) is 0.340. The summed E-state index contributed by atoms with van der Waals surface area (Å²) < 4.78 is 37.9. The largest absolute Gasteiger partial charge is 0.493 e. The lowest BCUT2D eigenvalue weighted by molar-refractivity contribution is -0.195. The standard InChI is InChI=1S/C28H28FN3O5/c1-17-10-19-20(31-17)5-6-23(27(19)29)37-22-7-8-30-21-12-25(24(34-2)11-18(21)22)36-9-3-4-26(33)32-13-28(14-32)15-35-16-28/h5-8,10-12,31H,3-4,9,13-16H2,1-2H3. The summed E-state index contributed by atoms with van der Waals surface area (Å²) in [5.41, 5.74) is 2.44. The number of likely N-dealkylation sites (tertiary alicyclic amines) is 1. The molecule has 6 rings (SSSR count). The number of nitrogens with zero attached hydrogens (tertiary/aromatic N) is 2. The number of fused-ring (bicyclic) bond motifs is 2. The van der Waals surface area contributed by atoms with Gasteiger partial charge in [0, 0.05) is 53.8 Å². The van der Waals surface area contributed by atoms with E-state index in [4.69, 9.17) is 18.9 Å². The normalized spacial score (nSPS) is 16.0. The molecule has 2 aromatic carbocycles. The van der Waals surface area contributed by atoms with Crippen LogP contribution >= 0.6 is 0 Å². The number of H-pyrrole nitrogens is 1. The SMILES string of the molecule is COc1cc2c(Oc3ccc4[nH]c(C)cc4c3F)ccnc2cc1OCCCC(=O)N1CC2(COC2)C1. The summed E-state index contributed by atoms with van der Waals surface area (Å²) in [7, 11) is 1.56. The number of nitrogens with one attached hydrogen (secondary N) is 1. The molecule has 0 aliphatic carbocycles. The van der Waals surface area contributed by atoms with Gasteiger partial charge in [-0.1, -0.05) is 0 Å². The smallest absolute Gasteiger partial charge is 0.222 e. The van der Waals surface area contributed by atoms with E-state index in [1.54, 1.807) is 49.7 Å². The van der Waals surface area contributed by atoms with Gasteiger partial charge >= 0.3 is 0 Å². The summed E-state index contributed by atoms with van der Waals surface area (Å²) in [5, 5.41) is 1.14. The second kappa shape index (κ2) is 9.23. The number of aromatic amines is 1.